The molecule has 1 aromatic carbocycles. The molecule has 3 N–H and O–H groups in total. The zero-order valence-corrected chi connectivity index (χ0v) is 13.7. The van der Waals surface area contributed by atoms with Crippen molar-refractivity contribution >= 4 is 6.03 Å². The summed E-state index contributed by atoms with van der Waals surface area (Å²) in [6.45, 7) is 4.62. The van der Waals surface area contributed by atoms with E-state index in [1.807, 2.05) is 11.8 Å². The number of urea groups is 1. The van der Waals surface area contributed by atoms with Crippen LogP contribution in [0.3, 0.4) is 0 Å². The van der Waals surface area contributed by atoms with E-state index in [0.717, 1.165) is 12.1 Å². The Balaban J connectivity index is 2.21. The van der Waals surface area contributed by atoms with Crippen molar-refractivity contribution in [1.29, 1.82) is 0 Å². The molecule has 0 aromatic heterocycles. The van der Waals surface area contributed by atoms with Crippen LogP contribution in [0.15, 0.2) is 12.1 Å². The minimum atomic E-state index is -1.50. The van der Waals surface area contributed by atoms with E-state index in [0.29, 0.717) is 19.5 Å². The van der Waals surface area contributed by atoms with Crippen LogP contribution in [0.5, 0.6) is 0 Å². The van der Waals surface area contributed by atoms with Crippen LogP contribution < -0.4 is 10.6 Å². The van der Waals surface area contributed by atoms with Gasteiger partial charge in [-0.15, -0.1) is 0 Å². The molecule has 134 valence electrons. The summed E-state index contributed by atoms with van der Waals surface area (Å²) in [7, 11) is 0. The molecular formula is C16H22F3N3O2. The van der Waals surface area contributed by atoms with Crippen LogP contribution in [0.1, 0.15) is 31.9 Å². The first-order valence-corrected chi connectivity index (χ1v) is 7.93. The van der Waals surface area contributed by atoms with Gasteiger partial charge in [0.1, 0.15) is 0 Å². The van der Waals surface area contributed by atoms with E-state index in [1.165, 1.54) is 0 Å². The highest BCUT2D eigenvalue weighted by Gasteiger charge is 2.36. The molecule has 8 heteroatoms. The molecule has 1 heterocycles. The molecule has 1 aliphatic heterocycles. The molecule has 0 saturated carbocycles. The van der Waals surface area contributed by atoms with Gasteiger partial charge >= 0.3 is 6.03 Å². The van der Waals surface area contributed by atoms with Crippen molar-refractivity contribution in [2.24, 2.45) is 0 Å². The largest absolute Gasteiger partial charge is 0.394 e. The van der Waals surface area contributed by atoms with Crippen molar-refractivity contribution in [3.05, 3.63) is 35.1 Å². The first kappa shape index (κ1) is 18.5. The van der Waals surface area contributed by atoms with E-state index < -0.39 is 35.6 Å². The third-order valence-electron chi connectivity index (χ3n) is 4.22. The van der Waals surface area contributed by atoms with Crippen molar-refractivity contribution in [1.82, 2.24) is 15.5 Å². The summed E-state index contributed by atoms with van der Waals surface area (Å²) in [5.74, 6) is -3.99. The molecule has 2 amide bonds. The summed E-state index contributed by atoms with van der Waals surface area (Å²) >= 11 is 0. The number of aliphatic hydroxyl groups is 1. The van der Waals surface area contributed by atoms with Crippen LogP contribution in [0.4, 0.5) is 18.0 Å². The minimum absolute atomic E-state index is 0.197. The maximum absolute atomic E-state index is 13.6. The number of carbonyl (C=O) groups is 1. The maximum atomic E-state index is 13.6. The summed E-state index contributed by atoms with van der Waals surface area (Å²) in [5.41, 5.74) is 0.284. The molecule has 24 heavy (non-hydrogen) atoms. The molecule has 1 aromatic rings. The number of hydrogen-bond donors (Lipinski definition) is 3. The monoisotopic (exact) mass is 345 g/mol. The first-order valence-electron chi connectivity index (χ1n) is 7.93. The average molecular weight is 345 g/mol. The number of amides is 2. The van der Waals surface area contributed by atoms with Gasteiger partial charge in [0.15, 0.2) is 17.5 Å². The van der Waals surface area contributed by atoms with E-state index in [2.05, 4.69) is 10.6 Å². The lowest BCUT2D eigenvalue weighted by atomic mass is 9.99. The smallest absolute Gasteiger partial charge is 0.315 e. The number of aliphatic hydroxyl groups excluding tert-OH is 1. The lowest BCUT2D eigenvalue weighted by Gasteiger charge is -2.28. The van der Waals surface area contributed by atoms with Crippen LogP contribution in [-0.4, -0.2) is 47.8 Å². The molecule has 2 rings (SSSR count). The topological polar surface area (TPSA) is 64.6 Å². The standard InChI is InChI=1S/C16H22F3N3O2/c1-3-22-5-4-13(21-16(24)20-9(2)8-23)15(22)10-6-11(17)14(19)12(18)7-10/h6-7,9,13,15,23H,3-5,8H2,1-2H3,(H2,20,21,24)/t9-,13?,15?/m0/s1. The van der Waals surface area contributed by atoms with Gasteiger partial charge < -0.3 is 15.7 Å². The van der Waals surface area contributed by atoms with Gasteiger partial charge in [-0.3, -0.25) is 4.90 Å². The Hall–Kier alpha value is -1.80. The van der Waals surface area contributed by atoms with Gasteiger partial charge in [-0.05, 0) is 37.6 Å². The Morgan fingerprint density at radius 2 is 2.00 bits per heavy atom. The number of halogens is 3. The van der Waals surface area contributed by atoms with Gasteiger partial charge in [-0.25, -0.2) is 18.0 Å². The third-order valence-corrected chi connectivity index (χ3v) is 4.22. The van der Waals surface area contributed by atoms with E-state index in [9.17, 15) is 18.0 Å². The van der Waals surface area contributed by atoms with Crippen molar-refractivity contribution in [3.63, 3.8) is 0 Å². The van der Waals surface area contributed by atoms with Crippen LogP contribution in [-0.2, 0) is 0 Å². The summed E-state index contributed by atoms with van der Waals surface area (Å²) in [6.07, 6.45) is 0.597. The highest BCUT2D eigenvalue weighted by atomic mass is 19.2. The molecular weight excluding hydrogens is 323 g/mol. The van der Waals surface area contributed by atoms with E-state index >= 15 is 0 Å². The summed E-state index contributed by atoms with van der Waals surface area (Å²) in [5, 5.41) is 14.3. The first-order chi connectivity index (χ1) is 11.4. The highest BCUT2D eigenvalue weighted by molar-refractivity contribution is 5.74. The average Bonchev–Trinajstić information content (AvgIpc) is 2.94. The van der Waals surface area contributed by atoms with E-state index in [1.54, 1.807) is 6.92 Å². The third kappa shape index (κ3) is 3.99. The quantitative estimate of drug-likeness (QED) is 0.715. The molecule has 1 fully saturated rings. The van der Waals surface area contributed by atoms with Crippen molar-refractivity contribution < 1.29 is 23.1 Å². The van der Waals surface area contributed by atoms with Gasteiger partial charge in [-0.1, -0.05) is 6.92 Å². The van der Waals surface area contributed by atoms with Gasteiger partial charge in [-0.2, -0.15) is 0 Å². The number of rotatable bonds is 5. The van der Waals surface area contributed by atoms with Gasteiger partial charge in [0.05, 0.1) is 24.7 Å². The fourth-order valence-electron chi connectivity index (χ4n) is 3.03. The van der Waals surface area contributed by atoms with Crippen LogP contribution >= 0.6 is 0 Å². The van der Waals surface area contributed by atoms with E-state index in [4.69, 9.17) is 5.11 Å². The second kappa shape index (κ2) is 7.85. The van der Waals surface area contributed by atoms with Crippen LogP contribution in [0.2, 0.25) is 0 Å². The normalized spacial score (nSPS) is 22.4. The summed E-state index contributed by atoms with van der Waals surface area (Å²) < 4.78 is 40.3. The Labute approximate surface area is 138 Å². The van der Waals surface area contributed by atoms with Gasteiger partial charge in [0.25, 0.3) is 0 Å². The number of likely N-dealkylation sites (tertiary alicyclic amines) is 1. The Bertz CT molecular complexity index is 577. The van der Waals surface area contributed by atoms with E-state index in [-0.39, 0.29) is 18.2 Å². The summed E-state index contributed by atoms with van der Waals surface area (Å²) in [6, 6.07) is 0.246. The predicted octanol–water partition coefficient (Wildman–Crippen LogP) is 1.92. The van der Waals surface area contributed by atoms with Crippen molar-refractivity contribution in [2.75, 3.05) is 19.7 Å². The molecule has 3 atom stereocenters. The number of carbonyl (C=O) groups excluding carboxylic acids is 1. The molecule has 0 aliphatic carbocycles. The zero-order valence-electron chi connectivity index (χ0n) is 13.7. The zero-order chi connectivity index (χ0) is 17.9. The SMILES string of the molecule is CCN1CCC(NC(=O)N[C@@H](C)CO)C1c1cc(F)c(F)c(F)c1. The fraction of sp³-hybridized carbons (Fsp3) is 0.562. The van der Waals surface area contributed by atoms with Crippen LogP contribution in [0, 0.1) is 17.5 Å². The molecule has 0 radical (unpaired) electrons. The summed E-state index contributed by atoms with van der Waals surface area (Å²) in [4.78, 5) is 13.9. The second-order valence-electron chi connectivity index (χ2n) is 5.97. The van der Waals surface area contributed by atoms with Crippen LogP contribution in [0.25, 0.3) is 0 Å². The molecule has 0 spiro atoms. The number of likely N-dealkylation sites (N-methyl/N-ethyl adjacent to an activating group) is 1. The molecule has 1 aliphatic rings. The molecule has 1 saturated heterocycles. The number of hydrogen-bond acceptors (Lipinski definition) is 3. The number of nitrogens with zero attached hydrogens (tertiary/aromatic N) is 1. The van der Waals surface area contributed by atoms with Gasteiger partial charge in [0, 0.05) is 6.54 Å². The van der Waals surface area contributed by atoms with Crippen molar-refractivity contribution in [3.8, 4) is 0 Å². The maximum Gasteiger partial charge on any atom is 0.315 e. The number of benzene rings is 1. The second-order valence-corrected chi connectivity index (χ2v) is 5.97. The molecule has 5 nitrogen and oxygen atoms in total. The molecule has 2 unspecified atom stereocenters. The Morgan fingerprint density at radius 3 is 2.54 bits per heavy atom. The molecule has 0 bridgehead atoms. The number of nitrogens with one attached hydrogen (secondary N) is 2. The Morgan fingerprint density at radius 1 is 1.38 bits per heavy atom. The fourth-order valence-corrected chi connectivity index (χ4v) is 3.03. The highest BCUT2D eigenvalue weighted by Crippen LogP contribution is 2.33. The van der Waals surface area contributed by atoms with Crippen molar-refractivity contribution in [2.45, 2.75) is 38.4 Å². The minimum Gasteiger partial charge on any atom is -0.394 e. The Kier molecular flexibility index (Phi) is 6.06. The lowest BCUT2D eigenvalue weighted by Crippen LogP contribution is -2.48. The van der Waals surface area contributed by atoms with Gasteiger partial charge in [0.2, 0.25) is 0 Å². The lowest BCUT2D eigenvalue weighted by molar-refractivity contribution is 0.209. The predicted molar refractivity (Wildman–Crippen MR) is 82.9 cm³/mol.